The van der Waals surface area contributed by atoms with E-state index in [1.165, 1.54) is 0 Å². The molecule has 6 nitrogen and oxygen atoms in total. The smallest absolute Gasteiger partial charge is 0.251 e. The van der Waals surface area contributed by atoms with Crippen LogP contribution in [0.15, 0.2) is 18.2 Å². The van der Waals surface area contributed by atoms with Gasteiger partial charge in [-0.1, -0.05) is 0 Å². The van der Waals surface area contributed by atoms with E-state index in [2.05, 4.69) is 5.32 Å². The first-order valence-corrected chi connectivity index (χ1v) is 9.53. The number of anilines is 1. The molecule has 4 rings (SSSR count). The third kappa shape index (κ3) is 3.32. The van der Waals surface area contributed by atoms with Gasteiger partial charge < -0.3 is 15.1 Å². The van der Waals surface area contributed by atoms with Crippen molar-refractivity contribution in [1.82, 2.24) is 10.2 Å². The van der Waals surface area contributed by atoms with E-state index in [1.54, 1.807) is 17.9 Å². The topological polar surface area (TPSA) is 69.7 Å². The molecule has 0 unspecified atom stereocenters. The molecule has 0 aromatic heterocycles. The van der Waals surface area contributed by atoms with Crippen LogP contribution >= 0.6 is 0 Å². The molecule has 2 aliphatic heterocycles. The summed E-state index contributed by atoms with van der Waals surface area (Å²) < 4.78 is 0. The molecule has 1 N–H and O–H groups in total. The van der Waals surface area contributed by atoms with E-state index in [1.807, 2.05) is 17.0 Å². The molecule has 138 valence electrons. The molecular weight excluding hydrogens is 330 g/mol. The van der Waals surface area contributed by atoms with Crippen molar-refractivity contribution in [3.63, 3.8) is 0 Å². The predicted octanol–water partition coefficient (Wildman–Crippen LogP) is 1.73. The Morgan fingerprint density at radius 1 is 1.04 bits per heavy atom. The molecule has 1 aromatic rings. The highest BCUT2D eigenvalue weighted by Crippen LogP contribution is 2.32. The van der Waals surface area contributed by atoms with Crippen LogP contribution in [0.25, 0.3) is 0 Å². The van der Waals surface area contributed by atoms with Gasteiger partial charge in [-0.15, -0.1) is 0 Å². The quantitative estimate of drug-likeness (QED) is 0.898. The monoisotopic (exact) mass is 355 g/mol. The lowest BCUT2D eigenvalue weighted by molar-refractivity contribution is -0.133. The number of nitrogens with one attached hydrogen (secondary N) is 1. The number of carbonyl (C=O) groups is 3. The van der Waals surface area contributed by atoms with E-state index in [9.17, 15) is 14.4 Å². The Morgan fingerprint density at radius 3 is 2.42 bits per heavy atom. The van der Waals surface area contributed by atoms with E-state index < -0.39 is 0 Å². The highest BCUT2D eigenvalue weighted by atomic mass is 16.2. The molecule has 1 saturated carbocycles. The van der Waals surface area contributed by atoms with Crippen molar-refractivity contribution in [2.75, 3.05) is 24.5 Å². The highest BCUT2D eigenvalue weighted by molar-refractivity contribution is 5.98. The molecule has 2 fully saturated rings. The molecule has 3 amide bonds. The summed E-state index contributed by atoms with van der Waals surface area (Å²) in [6.45, 7) is 3.72. The van der Waals surface area contributed by atoms with E-state index in [-0.39, 0.29) is 23.8 Å². The van der Waals surface area contributed by atoms with Crippen molar-refractivity contribution < 1.29 is 14.4 Å². The predicted molar refractivity (Wildman–Crippen MR) is 98.0 cm³/mol. The SMILES string of the molecule is CC(=O)N1CCc2cc(C(=O)NC3CCN(C(=O)C4CC4)CC3)ccc21. The lowest BCUT2D eigenvalue weighted by Crippen LogP contribution is -2.47. The van der Waals surface area contributed by atoms with E-state index in [4.69, 9.17) is 0 Å². The molecule has 0 spiro atoms. The summed E-state index contributed by atoms with van der Waals surface area (Å²) in [6, 6.07) is 5.68. The maximum absolute atomic E-state index is 12.6. The van der Waals surface area contributed by atoms with Crippen molar-refractivity contribution >= 4 is 23.4 Å². The first-order chi connectivity index (χ1) is 12.5. The van der Waals surface area contributed by atoms with Crippen LogP contribution in [-0.4, -0.2) is 48.3 Å². The fourth-order valence-corrected chi connectivity index (χ4v) is 3.97. The summed E-state index contributed by atoms with van der Waals surface area (Å²) in [6.07, 6.45) is 4.49. The number of likely N-dealkylation sites (tertiary alicyclic amines) is 1. The fraction of sp³-hybridized carbons (Fsp3) is 0.550. The van der Waals surface area contributed by atoms with Gasteiger partial charge in [-0.25, -0.2) is 0 Å². The Balaban J connectivity index is 1.34. The van der Waals surface area contributed by atoms with Crippen LogP contribution in [0.5, 0.6) is 0 Å². The first kappa shape index (κ1) is 17.1. The highest BCUT2D eigenvalue weighted by Gasteiger charge is 2.35. The third-order valence-corrected chi connectivity index (χ3v) is 5.69. The Kier molecular flexibility index (Phi) is 4.42. The van der Waals surface area contributed by atoms with Gasteiger partial charge in [0.05, 0.1) is 0 Å². The lowest BCUT2D eigenvalue weighted by Gasteiger charge is -2.32. The summed E-state index contributed by atoms with van der Waals surface area (Å²) in [4.78, 5) is 40.0. The number of amides is 3. The van der Waals surface area contributed by atoms with Crippen molar-refractivity contribution in [3.8, 4) is 0 Å². The maximum Gasteiger partial charge on any atom is 0.251 e. The number of carbonyl (C=O) groups excluding carboxylic acids is 3. The van der Waals surface area contributed by atoms with Gasteiger partial charge in [0, 0.05) is 49.8 Å². The van der Waals surface area contributed by atoms with Crippen molar-refractivity contribution in [2.24, 2.45) is 5.92 Å². The molecule has 26 heavy (non-hydrogen) atoms. The molecule has 0 bridgehead atoms. The lowest BCUT2D eigenvalue weighted by atomic mass is 10.0. The minimum Gasteiger partial charge on any atom is -0.349 e. The van der Waals surface area contributed by atoms with Gasteiger partial charge in [-0.05, 0) is 55.9 Å². The van der Waals surface area contributed by atoms with E-state index in [0.29, 0.717) is 18.0 Å². The molecule has 1 aromatic carbocycles. The average Bonchev–Trinajstić information content (AvgIpc) is 3.40. The van der Waals surface area contributed by atoms with Crippen LogP contribution in [0.3, 0.4) is 0 Å². The Hall–Kier alpha value is -2.37. The number of benzene rings is 1. The molecule has 2 heterocycles. The van der Waals surface area contributed by atoms with E-state index in [0.717, 1.165) is 56.4 Å². The number of fused-ring (bicyclic) bond motifs is 1. The van der Waals surface area contributed by atoms with E-state index >= 15 is 0 Å². The zero-order valence-corrected chi connectivity index (χ0v) is 15.2. The minimum absolute atomic E-state index is 0.0356. The summed E-state index contributed by atoms with van der Waals surface area (Å²) >= 11 is 0. The fourth-order valence-electron chi connectivity index (χ4n) is 3.97. The number of nitrogens with zero attached hydrogens (tertiary/aromatic N) is 2. The van der Waals surface area contributed by atoms with Crippen molar-refractivity contribution in [3.05, 3.63) is 29.3 Å². The largest absolute Gasteiger partial charge is 0.349 e. The maximum atomic E-state index is 12.6. The second kappa shape index (κ2) is 6.74. The summed E-state index contributed by atoms with van der Waals surface area (Å²) in [5.41, 5.74) is 2.62. The van der Waals surface area contributed by atoms with Gasteiger partial charge in [0.1, 0.15) is 0 Å². The standard InChI is InChI=1S/C20H25N3O3/c1-13(24)23-11-6-15-12-16(4-5-18(15)23)19(25)21-17-7-9-22(10-8-17)20(26)14-2-3-14/h4-5,12,14,17H,2-3,6-11H2,1H3,(H,21,25). The zero-order valence-electron chi connectivity index (χ0n) is 15.2. The molecule has 6 heteroatoms. The number of hydrogen-bond acceptors (Lipinski definition) is 3. The molecule has 1 aliphatic carbocycles. The normalized spacial score (nSPS) is 20.0. The molecular formula is C20H25N3O3. The minimum atomic E-state index is -0.0685. The molecule has 3 aliphatic rings. The average molecular weight is 355 g/mol. The number of rotatable bonds is 3. The number of piperidine rings is 1. The summed E-state index contributed by atoms with van der Waals surface area (Å²) in [5, 5.41) is 3.11. The molecule has 0 atom stereocenters. The van der Waals surface area contributed by atoms with Crippen LogP contribution in [0.1, 0.15) is 48.5 Å². The second-order valence-electron chi connectivity index (χ2n) is 7.61. The third-order valence-electron chi connectivity index (χ3n) is 5.69. The van der Waals surface area contributed by atoms with Gasteiger partial charge in [0.25, 0.3) is 5.91 Å². The van der Waals surface area contributed by atoms with Crippen LogP contribution in [0.2, 0.25) is 0 Å². The van der Waals surface area contributed by atoms with Gasteiger partial charge in [-0.2, -0.15) is 0 Å². The summed E-state index contributed by atoms with van der Waals surface area (Å²) in [5.74, 6) is 0.528. The zero-order chi connectivity index (χ0) is 18.3. The van der Waals surface area contributed by atoms with Gasteiger partial charge in [0.15, 0.2) is 0 Å². The van der Waals surface area contributed by atoms with Crippen LogP contribution in [-0.2, 0) is 16.0 Å². The van der Waals surface area contributed by atoms with Crippen LogP contribution in [0.4, 0.5) is 5.69 Å². The molecule has 0 radical (unpaired) electrons. The van der Waals surface area contributed by atoms with Gasteiger partial charge >= 0.3 is 0 Å². The van der Waals surface area contributed by atoms with Crippen molar-refractivity contribution in [1.29, 1.82) is 0 Å². The van der Waals surface area contributed by atoms with Gasteiger partial charge in [0.2, 0.25) is 11.8 Å². The molecule has 1 saturated heterocycles. The first-order valence-electron chi connectivity index (χ1n) is 9.53. The van der Waals surface area contributed by atoms with Crippen LogP contribution < -0.4 is 10.2 Å². The Labute approximate surface area is 153 Å². The van der Waals surface area contributed by atoms with Crippen LogP contribution in [0, 0.1) is 5.92 Å². The Bertz CT molecular complexity index is 749. The van der Waals surface area contributed by atoms with Gasteiger partial charge in [-0.3, -0.25) is 14.4 Å². The second-order valence-corrected chi connectivity index (χ2v) is 7.61. The number of hydrogen-bond donors (Lipinski definition) is 1. The Morgan fingerprint density at radius 2 is 1.77 bits per heavy atom. The van der Waals surface area contributed by atoms with Crippen molar-refractivity contribution in [2.45, 2.75) is 45.1 Å². The summed E-state index contributed by atoms with van der Waals surface area (Å²) in [7, 11) is 0.